The Hall–Kier alpha value is -5.44. The molecule has 0 radical (unpaired) electrons. The molecule has 0 heterocycles. The van der Waals surface area contributed by atoms with Crippen molar-refractivity contribution in [2.45, 2.75) is 12.2 Å². The number of benzene rings is 4. The summed E-state index contributed by atoms with van der Waals surface area (Å²) in [6.07, 6.45) is 0.781. The fourth-order valence-corrected chi connectivity index (χ4v) is 3.51. The Morgan fingerprint density at radius 2 is 0.976 bits per heavy atom. The van der Waals surface area contributed by atoms with Crippen LogP contribution in [0, 0.1) is 0 Å². The van der Waals surface area contributed by atoms with Gasteiger partial charge in [0.1, 0.15) is 12.2 Å². The Morgan fingerprint density at radius 1 is 0.571 bits per heavy atom. The minimum absolute atomic E-state index is 0.271. The highest BCUT2D eigenvalue weighted by atomic mass is 16.4. The van der Waals surface area contributed by atoms with E-state index in [9.17, 15) is 29.4 Å². The lowest BCUT2D eigenvalue weighted by molar-refractivity contribution is -0.132. The van der Waals surface area contributed by atoms with Gasteiger partial charge in [0.15, 0.2) is 11.6 Å². The maximum Gasteiger partial charge on any atom is 0.328 e. The van der Waals surface area contributed by atoms with Gasteiger partial charge in [-0.15, -0.1) is 0 Å². The van der Waals surface area contributed by atoms with Crippen molar-refractivity contribution in [2.75, 3.05) is 0 Å². The molecule has 8 heteroatoms. The van der Waals surface area contributed by atoms with Gasteiger partial charge in [-0.3, -0.25) is 9.59 Å². The SMILES string of the molecule is C=CC(=O)O.O=C(O)C=Cc1ccccc1C(=O)C(O)c1ccccc1.O=C(c1ccccc1)C(O)c1ccccc1. The van der Waals surface area contributed by atoms with Crippen LogP contribution < -0.4 is 0 Å². The van der Waals surface area contributed by atoms with Gasteiger partial charge in [-0.05, 0) is 22.8 Å². The van der Waals surface area contributed by atoms with Crippen LogP contribution in [0.4, 0.5) is 0 Å². The number of aliphatic carboxylic acids is 2. The van der Waals surface area contributed by atoms with E-state index in [1.807, 2.05) is 12.1 Å². The monoisotopic (exact) mass is 566 g/mol. The number of hydrogen-bond acceptors (Lipinski definition) is 6. The minimum Gasteiger partial charge on any atom is -0.478 e. The van der Waals surface area contributed by atoms with Gasteiger partial charge < -0.3 is 20.4 Å². The van der Waals surface area contributed by atoms with Crippen molar-refractivity contribution >= 4 is 29.6 Å². The van der Waals surface area contributed by atoms with E-state index in [-0.39, 0.29) is 11.3 Å². The van der Waals surface area contributed by atoms with Crippen LogP contribution in [0.3, 0.4) is 0 Å². The summed E-state index contributed by atoms with van der Waals surface area (Å²) in [7, 11) is 0. The zero-order valence-corrected chi connectivity index (χ0v) is 22.5. The van der Waals surface area contributed by atoms with Crippen molar-refractivity contribution in [3.8, 4) is 0 Å². The van der Waals surface area contributed by atoms with E-state index in [0.29, 0.717) is 22.3 Å². The topological polar surface area (TPSA) is 149 Å². The first-order chi connectivity index (χ1) is 20.1. The molecule has 2 unspecified atom stereocenters. The van der Waals surface area contributed by atoms with Crippen LogP contribution in [0.2, 0.25) is 0 Å². The lowest BCUT2D eigenvalue weighted by atomic mass is 9.96. The maximum atomic E-state index is 12.4. The molecule has 0 aliphatic rings. The van der Waals surface area contributed by atoms with Gasteiger partial charge in [0.2, 0.25) is 0 Å². The molecule has 2 atom stereocenters. The van der Waals surface area contributed by atoms with Gasteiger partial charge in [0, 0.05) is 23.3 Å². The van der Waals surface area contributed by atoms with E-state index in [0.717, 1.165) is 12.2 Å². The average Bonchev–Trinajstić information content (AvgIpc) is 3.04. The van der Waals surface area contributed by atoms with E-state index in [1.165, 1.54) is 6.08 Å². The number of ketones is 2. The molecule has 0 aliphatic heterocycles. The zero-order chi connectivity index (χ0) is 30.9. The Bertz CT molecular complexity index is 1500. The van der Waals surface area contributed by atoms with E-state index in [4.69, 9.17) is 10.2 Å². The number of hydrogen-bond donors (Lipinski definition) is 4. The Balaban J connectivity index is 0.000000259. The number of carboxylic acids is 2. The predicted molar refractivity (Wildman–Crippen MR) is 159 cm³/mol. The van der Waals surface area contributed by atoms with Crippen LogP contribution in [0.5, 0.6) is 0 Å². The third-order valence-electron chi connectivity index (χ3n) is 5.59. The van der Waals surface area contributed by atoms with E-state index in [2.05, 4.69) is 6.58 Å². The second-order valence-corrected chi connectivity index (χ2v) is 8.52. The molecule has 8 nitrogen and oxygen atoms in total. The molecule has 0 saturated carbocycles. The first-order valence-corrected chi connectivity index (χ1v) is 12.6. The summed E-state index contributed by atoms with van der Waals surface area (Å²) in [6.45, 7) is 2.96. The summed E-state index contributed by atoms with van der Waals surface area (Å²) in [5, 5.41) is 36.3. The predicted octanol–water partition coefficient (Wildman–Crippen LogP) is 5.56. The van der Waals surface area contributed by atoms with Crippen LogP contribution >= 0.6 is 0 Å². The van der Waals surface area contributed by atoms with Gasteiger partial charge in [-0.25, -0.2) is 9.59 Å². The second-order valence-electron chi connectivity index (χ2n) is 8.52. The van der Waals surface area contributed by atoms with Gasteiger partial charge in [0.05, 0.1) is 0 Å². The molecule has 0 spiro atoms. The molecule has 0 aliphatic carbocycles. The molecular weight excluding hydrogens is 536 g/mol. The smallest absolute Gasteiger partial charge is 0.328 e. The molecule has 0 bridgehead atoms. The highest BCUT2D eigenvalue weighted by Crippen LogP contribution is 2.21. The van der Waals surface area contributed by atoms with Gasteiger partial charge in [-0.1, -0.05) is 122 Å². The van der Waals surface area contributed by atoms with Crippen LogP contribution in [0.1, 0.15) is 49.6 Å². The molecular formula is C34H30O8. The highest BCUT2D eigenvalue weighted by molar-refractivity contribution is 6.03. The van der Waals surface area contributed by atoms with Crippen LogP contribution in [-0.2, 0) is 9.59 Å². The summed E-state index contributed by atoms with van der Waals surface area (Å²) >= 11 is 0. The summed E-state index contributed by atoms with van der Waals surface area (Å²) in [5.74, 6) is -2.82. The molecule has 0 aromatic heterocycles. The molecule has 0 saturated heterocycles. The fourth-order valence-electron chi connectivity index (χ4n) is 3.51. The Kier molecular flexibility index (Phi) is 13.5. The highest BCUT2D eigenvalue weighted by Gasteiger charge is 2.21. The molecule has 0 amide bonds. The maximum absolute atomic E-state index is 12.4. The largest absolute Gasteiger partial charge is 0.478 e. The molecule has 0 fully saturated rings. The molecule has 4 rings (SSSR count). The molecule has 4 aromatic carbocycles. The van der Waals surface area contributed by atoms with Crippen molar-refractivity contribution in [1.29, 1.82) is 0 Å². The summed E-state index contributed by atoms with van der Waals surface area (Å²) in [4.78, 5) is 44.1. The van der Waals surface area contributed by atoms with Crippen molar-refractivity contribution in [3.63, 3.8) is 0 Å². The molecule has 4 aromatic rings. The van der Waals surface area contributed by atoms with Crippen molar-refractivity contribution in [2.24, 2.45) is 0 Å². The number of rotatable bonds is 9. The summed E-state index contributed by atoms with van der Waals surface area (Å²) in [6, 6.07) is 32.9. The number of Topliss-reactive ketones (excluding diaryl/α,β-unsaturated/α-hetero) is 2. The lowest BCUT2D eigenvalue weighted by Gasteiger charge is -2.11. The summed E-state index contributed by atoms with van der Waals surface area (Å²) < 4.78 is 0. The first kappa shape index (κ1) is 32.8. The molecule has 214 valence electrons. The third-order valence-corrected chi connectivity index (χ3v) is 5.59. The van der Waals surface area contributed by atoms with Crippen LogP contribution in [0.15, 0.2) is 134 Å². The Labute approximate surface area is 243 Å². The fraction of sp³-hybridized carbons (Fsp3) is 0.0588. The Morgan fingerprint density at radius 3 is 1.43 bits per heavy atom. The minimum atomic E-state index is -1.27. The van der Waals surface area contributed by atoms with Gasteiger partial charge >= 0.3 is 11.9 Å². The number of carbonyl (C=O) groups excluding carboxylic acids is 2. The van der Waals surface area contributed by atoms with Crippen molar-refractivity contribution in [1.82, 2.24) is 0 Å². The van der Waals surface area contributed by atoms with Crippen LogP contribution in [-0.4, -0.2) is 43.9 Å². The van der Waals surface area contributed by atoms with E-state index < -0.39 is 29.9 Å². The second kappa shape index (κ2) is 17.3. The van der Waals surface area contributed by atoms with E-state index >= 15 is 0 Å². The molecule has 4 N–H and O–H groups in total. The number of aliphatic hydroxyl groups excluding tert-OH is 2. The lowest BCUT2D eigenvalue weighted by Crippen LogP contribution is -2.13. The van der Waals surface area contributed by atoms with Gasteiger partial charge in [0.25, 0.3) is 0 Å². The van der Waals surface area contributed by atoms with Crippen LogP contribution in [0.25, 0.3) is 6.08 Å². The zero-order valence-electron chi connectivity index (χ0n) is 22.5. The third kappa shape index (κ3) is 10.6. The number of aliphatic hydroxyl groups is 2. The van der Waals surface area contributed by atoms with Gasteiger partial charge in [-0.2, -0.15) is 0 Å². The first-order valence-electron chi connectivity index (χ1n) is 12.6. The van der Waals surface area contributed by atoms with E-state index in [1.54, 1.807) is 103 Å². The van der Waals surface area contributed by atoms with Crippen molar-refractivity contribution < 1.29 is 39.6 Å². The quantitative estimate of drug-likeness (QED) is 0.152. The normalized spacial score (nSPS) is 11.5. The average molecular weight is 567 g/mol. The standard InChI is InChI=1S/C17H14O4.C14H12O2.C3H4O2/c18-15(19)11-10-12-6-4-5-9-14(12)17(21)16(20)13-7-2-1-3-8-13;15-13(11-7-3-1-4-8-11)14(16)12-9-5-2-6-10-12;1-2-3(4)5/h1-11,16,20H,(H,18,19);1-10,13,15H;2H,1H2,(H,4,5). The number of carboxylic acid groups (broad SMARTS) is 2. The van der Waals surface area contributed by atoms with Crippen molar-refractivity contribution in [3.05, 3.63) is 162 Å². The summed E-state index contributed by atoms with van der Waals surface area (Å²) in [5.41, 5.74) is 2.39. The molecule has 42 heavy (non-hydrogen) atoms. The number of carbonyl (C=O) groups is 4.